The number of aliphatic hydroxyl groups is 1. The zero-order chi connectivity index (χ0) is 97.0. The van der Waals surface area contributed by atoms with Gasteiger partial charge in [0.15, 0.2) is 0 Å². The summed E-state index contributed by atoms with van der Waals surface area (Å²) in [6, 6.07) is 13.9. The van der Waals surface area contributed by atoms with E-state index < -0.39 is 138 Å². The number of aryl methyl sites for hydroxylation is 1. The predicted octanol–water partition coefficient (Wildman–Crippen LogP) is 7.25. The number of fused-ring (bicyclic) bond motifs is 16. The number of hydrogen-bond acceptors (Lipinski definition) is 19. The molecule has 6 aliphatic heterocycles. The van der Waals surface area contributed by atoms with Crippen molar-refractivity contribution in [2.24, 2.45) is 0 Å². The minimum atomic E-state index is -1.87. The number of amides is 12. The van der Waals surface area contributed by atoms with Crippen LogP contribution in [-0.4, -0.2) is 271 Å². The van der Waals surface area contributed by atoms with Crippen molar-refractivity contribution >= 4 is 93.4 Å². The van der Waals surface area contributed by atoms with Gasteiger partial charge in [-0.05, 0) is 149 Å². The number of ether oxygens (including phenoxy) is 4. The molecule has 33 nitrogen and oxygen atoms in total. The fourth-order valence-electron chi connectivity index (χ4n) is 18.2. The maximum absolute atomic E-state index is 16.4. The highest BCUT2D eigenvalue weighted by Gasteiger charge is 2.50. The zero-order valence-electron chi connectivity index (χ0n) is 81.0. The number of carbonyl (C=O) groups excluding carboxylic acids is 14. The minimum absolute atomic E-state index is 0. The zero-order valence-corrected chi connectivity index (χ0v) is 81.0. The molecule has 0 unspecified atom stereocenters. The number of unbranched alkanes of at least 4 members (excludes halogenated alkanes) is 7. The normalized spacial score (nSPS) is 22.5. The maximum atomic E-state index is 16.4. The summed E-state index contributed by atoms with van der Waals surface area (Å²) in [4.78, 5) is 209. The molecule has 1 aromatic heterocycles. The molecule has 2 saturated heterocycles. The number of hydrogen-bond donors (Lipinski definition) is 10. The molecule has 7 heterocycles. The van der Waals surface area contributed by atoms with Crippen molar-refractivity contribution in [3.63, 3.8) is 0 Å². The van der Waals surface area contributed by atoms with E-state index in [0.717, 1.165) is 86.8 Å². The molecule has 0 radical (unpaired) electrons. The van der Waals surface area contributed by atoms with Gasteiger partial charge in [-0.3, -0.25) is 67.1 Å². The number of ketones is 2. The van der Waals surface area contributed by atoms with Crippen molar-refractivity contribution in [2.75, 3.05) is 100 Å². The highest BCUT2D eigenvalue weighted by Crippen LogP contribution is 2.33. The first-order valence-electron chi connectivity index (χ1n) is 48.8. The van der Waals surface area contributed by atoms with Crippen molar-refractivity contribution in [3.05, 3.63) is 144 Å². The molecule has 34 heteroatoms. The monoisotopic (exact) mass is 1890 g/mol. The van der Waals surface area contributed by atoms with E-state index in [1.165, 1.54) is 38.0 Å². The molecular formula is C102H147FN14O19. The lowest BCUT2D eigenvalue weighted by molar-refractivity contribution is -0.890. The van der Waals surface area contributed by atoms with E-state index >= 15 is 33.2 Å². The van der Waals surface area contributed by atoms with Gasteiger partial charge in [-0.15, -0.1) is 0 Å². The van der Waals surface area contributed by atoms with Crippen LogP contribution in [-0.2, 0) is 127 Å². The number of quaternary nitrogens is 1. The van der Waals surface area contributed by atoms with Crippen molar-refractivity contribution in [3.8, 4) is 5.75 Å². The van der Waals surface area contributed by atoms with Crippen LogP contribution in [0.4, 0.5) is 4.39 Å². The van der Waals surface area contributed by atoms with Crippen LogP contribution in [0.15, 0.2) is 97.2 Å². The SMILES string of the molecule is CCCCCCC(=O)NCCCCCCCC(=O)CCC[N+](C)(C)CCOCCOCCC(=O)CC[C@H]1NC(=O)[C@H](C)NC(=O)CCC(=O)N2CCCCCCn3cc(c4cc(F)ccc43)C[C@@H]3NC(=O)[C@H](Cc4cccc(c4)CNC(=O)CO[C@H]4CCN(C3=O)[C@@H]4C(=O)N[C@@H]([C@@H](C)O)C(=O)N[C@@H](Cc3ccc(OC)cc3)C(=O)N3CCC[C@@]3(C)C(=O)NCCc3ccc(cc3)C2)NC1=O.[CH3-]. The molecule has 4 aromatic carbocycles. The number of methoxy groups -OCH3 is 1. The summed E-state index contributed by atoms with van der Waals surface area (Å²) >= 11 is 0. The molecule has 0 saturated carbocycles. The van der Waals surface area contributed by atoms with Crippen LogP contribution < -0.4 is 52.6 Å². The van der Waals surface area contributed by atoms with Crippen molar-refractivity contribution in [1.29, 1.82) is 0 Å². The van der Waals surface area contributed by atoms with E-state index in [-0.39, 0.29) is 141 Å². The van der Waals surface area contributed by atoms with Crippen LogP contribution >= 0.6 is 0 Å². The molecule has 11 rings (SSSR count). The third kappa shape index (κ3) is 33.7. The third-order valence-corrected chi connectivity index (χ3v) is 26.4. The predicted molar refractivity (Wildman–Crippen MR) is 511 cm³/mol. The number of likely N-dealkylation sites (N-methyl/N-ethyl adjacent to an activating group) is 1. The molecular weight excluding hydrogens is 1740 g/mol. The lowest BCUT2D eigenvalue weighted by Gasteiger charge is -2.37. The Morgan fingerprint density at radius 1 is 0.618 bits per heavy atom. The Morgan fingerprint density at radius 3 is 2.07 bits per heavy atom. The van der Waals surface area contributed by atoms with Crippen LogP contribution in [0.3, 0.4) is 0 Å². The van der Waals surface area contributed by atoms with Crippen molar-refractivity contribution in [1.82, 2.24) is 67.1 Å². The third-order valence-electron chi connectivity index (χ3n) is 26.4. The minimum Gasteiger partial charge on any atom is -0.497 e. The largest absolute Gasteiger partial charge is 0.497 e. The van der Waals surface area contributed by atoms with Gasteiger partial charge in [0.2, 0.25) is 70.9 Å². The van der Waals surface area contributed by atoms with Gasteiger partial charge in [0, 0.05) is 140 Å². The van der Waals surface area contributed by atoms with Gasteiger partial charge >= 0.3 is 0 Å². The fraction of sp³-hybridized carbons (Fsp3) is 0.598. The number of carbonyl (C=O) groups is 14. The summed E-state index contributed by atoms with van der Waals surface area (Å²) in [6.45, 7) is 9.45. The standard InChI is InChI=1S/C101H143FN14O19.CH3/c1-8-9-10-17-28-87(120)103-47-18-13-11-12-16-26-77(118)27-22-53-116(5,6)54-56-134-58-57-133-55-45-78(119)36-39-81-94(125)108-82-61-73-24-21-25-74(59-73)64-105-89(122)67-135-86-44-52-114-92(86)97(128)111-91(69(3)117)96(127)110-83(60-71-33-37-79(132-7)38-34-71)99(130)115-51-23-46-101(115,4)100(131)104-48-43-70-29-31-72(32-30-70)65-113(90(123)42-41-88(121)106-68(2)93(124)107-81)50-20-15-14-19-49-112-66-75(62-84(98(114)129)109-95(82)126)80-63-76(102)35-40-85(80)112;/h21,24-25,29-35,37-38,40,59,63,66,68-69,81-84,86,91-92,117H,8-20,22-23,26-28,36,39,41-58,60-62,64-65,67H2,1-7H3,(H8-,103,104,105,106,107,108,109,110,111,120,121,122,124,125,126,127,128,131);1H3/q;-1/p+1/t68-,69+,81+,82-,83-,84-,86-,91-,92-,101-;/m0./s1. The van der Waals surface area contributed by atoms with E-state index in [0.29, 0.717) is 134 Å². The second-order valence-corrected chi connectivity index (χ2v) is 37.6. The first-order chi connectivity index (χ1) is 64.9. The van der Waals surface area contributed by atoms with Crippen LogP contribution in [0.25, 0.3) is 10.9 Å². The van der Waals surface area contributed by atoms with E-state index in [4.69, 9.17) is 18.9 Å². The molecule has 5 aromatic rings. The molecule has 12 bridgehead atoms. The first kappa shape index (κ1) is 109. The number of Topliss-reactive ketones (excluding diaryl/α,β-unsaturated/α-hetero) is 2. The topological polar surface area (TPSA) is 419 Å². The molecule has 2 fully saturated rings. The summed E-state index contributed by atoms with van der Waals surface area (Å²) in [6.07, 6.45) is 11.4. The Kier molecular flexibility index (Phi) is 43.7. The number of nitrogens with zero attached hydrogens (tertiary/aromatic N) is 5. The second-order valence-electron chi connectivity index (χ2n) is 37.6. The number of aromatic nitrogens is 1. The average Bonchev–Trinajstić information content (AvgIpc) is 1.64. The summed E-state index contributed by atoms with van der Waals surface area (Å²) in [7, 11) is 5.66. The Balaban J connectivity index is 0.0000207. The highest BCUT2D eigenvalue weighted by molar-refractivity contribution is 6.00. The Morgan fingerprint density at radius 2 is 1.31 bits per heavy atom. The van der Waals surface area contributed by atoms with Crippen LogP contribution in [0.5, 0.6) is 5.75 Å². The van der Waals surface area contributed by atoms with E-state index in [1.807, 2.05) is 28.8 Å². The van der Waals surface area contributed by atoms with Crippen molar-refractivity contribution in [2.45, 2.75) is 294 Å². The van der Waals surface area contributed by atoms with Crippen LogP contribution in [0.1, 0.15) is 222 Å². The second kappa shape index (κ2) is 54.8. The van der Waals surface area contributed by atoms with Crippen LogP contribution in [0.2, 0.25) is 0 Å². The van der Waals surface area contributed by atoms with E-state index in [9.17, 15) is 43.5 Å². The van der Waals surface area contributed by atoms with Crippen molar-refractivity contribution < 1.29 is 100 Å². The lowest BCUT2D eigenvalue weighted by atomic mass is 9.95. The molecule has 136 heavy (non-hydrogen) atoms. The summed E-state index contributed by atoms with van der Waals surface area (Å²) in [5.41, 5.74) is 2.67. The Bertz CT molecular complexity index is 4840. The fourth-order valence-corrected chi connectivity index (χ4v) is 18.2. The smallest absolute Gasteiger partial charge is 0.246 e. The van der Waals surface area contributed by atoms with Gasteiger partial charge in [-0.1, -0.05) is 119 Å². The summed E-state index contributed by atoms with van der Waals surface area (Å²) in [5, 5.41) is 37.6. The number of aliphatic hydroxyl groups excluding tert-OH is 1. The number of nitrogens with one attached hydrogen (secondary N) is 9. The van der Waals surface area contributed by atoms with Crippen LogP contribution in [0, 0.1) is 13.2 Å². The van der Waals surface area contributed by atoms with Gasteiger partial charge in [-0.25, -0.2) is 4.39 Å². The molecule has 10 N–H and O–H groups in total. The average molecular weight is 1890 g/mol. The quantitative estimate of drug-likeness (QED) is 0.0112. The number of rotatable bonds is 33. The maximum Gasteiger partial charge on any atom is 0.246 e. The molecule has 746 valence electrons. The van der Waals surface area contributed by atoms with E-state index in [1.54, 1.807) is 72.6 Å². The lowest BCUT2D eigenvalue weighted by Crippen LogP contribution is -2.64. The first-order valence-corrected chi connectivity index (χ1v) is 48.8. The molecule has 12 amide bonds. The Hall–Kier alpha value is -11.1. The summed E-state index contributed by atoms with van der Waals surface area (Å²) < 4.78 is 42.1. The molecule has 0 spiro atoms. The van der Waals surface area contributed by atoms with Gasteiger partial charge in [0.05, 0.1) is 66.4 Å². The van der Waals surface area contributed by atoms with Gasteiger partial charge in [0.1, 0.15) is 84.1 Å². The highest BCUT2D eigenvalue weighted by atomic mass is 19.1. The Labute approximate surface area is 799 Å². The van der Waals surface area contributed by atoms with Gasteiger partial charge < -0.3 is 103 Å². The molecule has 0 aliphatic carbocycles. The van der Waals surface area contributed by atoms with E-state index in [2.05, 4.69) is 68.9 Å². The number of halogens is 1. The molecule has 6 aliphatic rings. The number of benzene rings is 4. The van der Waals surface area contributed by atoms with Gasteiger partial charge in [-0.2, -0.15) is 0 Å². The molecule has 10 atom stereocenters. The van der Waals surface area contributed by atoms with Gasteiger partial charge in [0.25, 0.3) is 0 Å². The summed E-state index contributed by atoms with van der Waals surface area (Å²) in [5.74, 6) is -8.67.